The summed E-state index contributed by atoms with van der Waals surface area (Å²) in [5.41, 5.74) is 1.58. The highest BCUT2D eigenvalue weighted by atomic mass is 35.5. The van der Waals surface area contributed by atoms with E-state index in [-0.39, 0.29) is 18.9 Å². The molecule has 2 amide bonds. The lowest BCUT2D eigenvalue weighted by molar-refractivity contribution is -0.137. The maximum absolute atomic E-state index is 11.8. The lowest BCUT2D eigenvalue weighted by atomic mass is 10.1. The number of rotatable bonds is 5. The number of carboxylic acid groups (broad SMARTS) is 1. The van der Waals surface area contributed by atoms with Gasteiger partial charge in [-0.25, -0.2) is 4.79 Å². The molecule has 9 heteroatoms. The van der Waals surface area contributed by atoms with Crippen LogP contribution in [0.15, 0.2) is 12.1 Å². The molecule has 7 nitrogen and oxygen atoms in total. The number of anilines is 1. The molecule has 3 N–H and O–H groups in total. The summed E-state index contributed by atoms with van der Waals surface area (Å²) in [6.45, 7) is 1.99. The van der Waals surface area contributed by atoms with Gasteiger partial charge in [0.2, 0.25) is 0 Å². The molecular formula is C12H13ClN4O3S. The fourth-order valence-electron chi connectivity index (χ4n) is 1.74. The van der Waals surface area contributed by atoms with Crippen LogP contribution in [0.3, 0.4) is 0 Å². The minimum atomic E-state index is -0.897. The Morgan fingerprint density at radius 2 is 2.19 bits per heavy atom. The summed E-state index contributed by atoms with van der Waals surface area (Å²) in [6, 6.07) is 2.89. The lowest BCUT2D eigenvalue weighted by Gasteiger charge is -2.12. The maximum Gasteiger partial charge on any atom is 0.319 e. The Morgan fingerprint density at radius 1 is 1.43 bits per heavy atom. The van der Waals surface area contributed by atoms with Crippen LogP contribution in [0.1, 0.15) is 13.3 Å². The zero-order valence-corrected chi connectivity index (χ0v) is 12.7. The van der Waals surface area contributed by atoms with Crippen molar-refractivity contribution >= 4 is 52.1 Å². The number of aliphatic carboxylic acids is 1. The Bertz CT molecular complexity index is 676. The number of halogens is 1. The largest absolute Gasteiger partial charge is 0.481 e. The monoisotopic (exact) mass is 328 g/mol. The first-order valence-electron chi connectivity index (χ1n) is 6.14. The first-order chi connectivity index (χ1) is 9.97. The molecule has 1 heterocycles. The Balaban J connectivity index is 2.00. The van der Waals surface area contributed by atoms with Gasteiger partial charge >= 0.3 is 12.0 Å². The third kappa shape index (κ3) is 4.02. The number of aromatic nitrogens is 2. The highest BCUT2D eigenvalue weighted by Crippen LogP contribution is 2.29. The number of carboxylic acids is 1. The Morgan fingerprint density at radius 3 is 2.90 bits per heavy atom. The molecule has 1 atom stereocenters. The van der Waals surface area contributed by atoms with Gasteiger partial charge in [-0.05, 0) is 18.1 Å². The predicted octanol–water partition coefficient (Wildman–Crippen LogP) is 2.58. The molecule has 0 bridgehead atoms. The second kappa shape index (κ2) is 6.68. The first-order valence-corrected chi connectivity index (χ1v) is 7.25. The standard InChI is InChI=1S/C12H13ClN4O3S/c1-6(4-9(18)19)5-14-12(20)15-10-7(13)2-3-8-11(10)17-21-16-8/h2-3,6H,4-5H2,1H3,(H,18,19)(H2,14,15,20). The van der Waals surface area contributed by atoms with E-state index in [2.05, 4.69) is 19.4 Å². The van der Waals surface area contributed by atoms with E-state index >= 15 is 0 Å². The molecule has 0 aliphatic carbocycles. The van der Waals surface area contributed by atoms with Crippen molar-refractivity contribution in [3.05, 3.63) is 17.2 Å². The van der Waals surface area contributed by atoms with Gasteiger partial charge in [0.1, 0.15) is 11.0 Å². The summed E-state index contributed by atoms with van der Waals surface area (Å²) >= 11 is 7.08. The molecule has 0 saturated carbocycles. The van der Waals surface area contributed by atoms with Crippen molar-refractivity contribution in [2.24, 2.45) is 5.92 Å². The van der Waals surface area contributed by atoms with Crippen molar-refractivity contribution in [1.29, 1.82) is 0 Å². The normalized spacial score (nSPS) is 12.1. The average Bonchev–Trinajstić information content (AvgIpc) is 2.87. The number of carbonyl (C=O) groups is 2. The van der Waals surface area contributed by atoms with Crippen molar-refractivity contribution in [2.45, 2.75) is 13.3 Å². The smallest absolute Gasteiger partial charge is 0.319 e. The van der Waals surface area contributed by atoms with E-state index < -0.39 is 12.0 Å². The van der Waals surface area contributed by atoms with Crippen LogP contribution in [0.25, 0.3) is 11.0 Å². The van der Waals surface area contributed by atoms with E-state index in [1.54, 1.807) is 19.1 Å². The quantitative estimate of drug-likeness (QED) is 0.782. The molecule has 2 rings (SSSR count). The van der Waals surface area contributed by atoms with E-state index in [0.29, 0.717) is 21.7 Å². The third-order valence-corrected chi connectivity index (χ3v) is 3.61. The molecule has 21 heavy (non-hydrogen) atoms. The molecule has 2 aromatic rings. The molecule has 1 unspecified atom stereocenters. The van der Waals surface area contributed by atoms with E-state index in [0.717, 1.165) is 11.7 Å². The molecule has 0 aliphatic rings. The van der Waals surface area contributed by atoms with Gasteiger partial charge in [0, 0.05) is 13.0 Å². The molecule has 0 spiro atoms. The number of hydrogen-bond donors (Lipinski definition) is 3. The van der Waals surface area contributed by atoms with Crippen LogP contribution in [0.4, 0.5) is 10.5 Å². The van der Waals surface area contributed by atoms with Crippen LogP contribution in [-0.2, 0) is 4.79 Å². The second-order valence-corrected chi connectivity index (χ2v) is 5.53. The lowest BCUT2D eigenvalue weighted by Crippen LogP contribution is -2.33. The molecule has 1 aromatic carbocycles. The minimum Gasteiger partial charge on any atom is -0.481 e. The number of nitrogens with one attached hydrogen (secondary N) is 2. The second-order valence-electron chi connectivity index (χ2n) is 4.59. The third-order valence-electron chi connectivity index (χ3n) is 2.75. The van der Waals surface area contributed by atoms with E-state index in [9.17, 15) is 9.59 Å². The Hall–Kier alpha value is -1.93. The number of hydrogen-bond acceptors (Lipinski definition) is 5. The predicted molar refractivity (Wildman–Crippen MR) is 80.9 cm³/mol. The summed E-state index contributed by atoms with van der Waals surface area (Å²) in [5, 5.41) is 14.2. The number of fused-ring (bicyclic) bond motifs is 1. The van der Waals surface area contributed by atoms with Crippen LogP contribution in [0.2, 0.25) is 5.02 Å². The summed E-state index contributed by atoms with van der Waals surface area (Å²) in [7, 11) is 0. The fraction of sp³-hybridized carbons (Fsp3) is 0.333. The van der Waals surface area contributed by atoms with Crippen molar-refractivity contribution in [3.8, 4) is 0 Å². The van der Waals surface area contributed by atoms with Gasteiger partial charge in [0.25, 0.3) is 0 Å². The molecular weight excluding hydrogens is 316 g/mol. The van der Waals surface area contributed by atoms with Crippen LogP contribution >= 0.6 is 23.3 Å². The average molecular weight is 329 g/mol. The summed E-state index contributed by atoms with van der Waals surface area (Å²) in [5.74, 6) is -1.06. The maximum atomic E-state index is 11.8. The molecule has 0 fully saturated rings. The fourth-order valence-corrected chi connectivity index (χ4v) is 2.48. The number of nitrogens with zero attached hydrogens (tertiary/aromatic N) is 2. The van der Waals surface area contributed by atoms with Crippen LogP contribution in [0.5, 0.6) is 0 Å². The van der Waals surface area contributed by atoms with Crippen LogP contribution < -0.4 is 10.6 Å². The van der Waals surface area contributed by atoms with Gasteiger partial charge in [-0.15, -0.1) is 0 Å². The van der Waals surface area contributed by atoms with Gasteiger partial charge in [-0.1, -0.05) is 18.5 Å². The molecule has 1 aromatic heterocycles. The summed E-state index contributed by atoms with van der Waals surface area (Å²) < 4.78 is 8.16. The van der Waals surface area contributed by atoms with E-state index in [1.807, 2.05) is 0 Å². The zero-order valence-electron chi connectivity index (χ0n) is 11.1. The van der Waals surface area contributed by atoms with E-state index in [1.165, 1.54) is 0 Å². The van der Waals surface area contributed by atoms with Crippen LogP contribution in [-0.4, -0.2) is 32.4 Å². The highest BCUT2D eigenvalue weighted by Gasteiger charge is 2.14. The van der Waals surface area contributed by atoms with Gasteiger partial charge in [0.05, 0.1) is 22.4 Å². The Labute approximate surface area is 129 Å². The van der Waals surface area contributed by atoms with Crippen LogP contribution in [0, 0.1) is 5.92 Å². The number of carbonyl (C=O) groups excluding carboxylic acids is 1. The topological polar surface area (TPSA) is 104 Å². The molecule has 112 valence electrons. The molecule has 0 aliphatic heterocycles. The summed E-state index contributed by atoms with van der Waals surface area (Å²) in [4.78, 5) is 22.4. The van der Waals surface area contributed by atoms with Crippen molar-refractivity contribution in [3.63, 3.8) is 0 Å². The van der Waals surface area contributed by atoms with Crippen molar-refractivity contribution in [2.75, 3.05) is 11.9 Å². The van der Waals surface area contributed by atoms with E-state index in [4.69, 9.17) is 16.7 Å². The molecule has 0 radical (unpaired) electrons. The molecule has 0 saturated heterocycles. The first kappa shape index (κ1) is 15.5. The van der Waals surface area contributed by atoms with Gasteiger partial charge in [-0.3, -0.25) is 4.79 Å². The van der Waals surface area contributed by atoms with Gasteiger partial charge in [0.15, 0.2) is 0 Å². The zero-order chi connectivity index (χ0) is 15.4. The Kier molecular flexibility index (Phi) is 4.92. The van der Waals surface area contributed by atoms with Gasteiger partial charge < -0.3 is 15.7 Å². The van der Waals surface area contributed by atoms with Gasteiger partial charge in [-0.2, -0.15) is 8.75 Å². The number of amides is 2. The highest BCUT2D eigenvalue weighted by molar-refractivity contribution is 7.00. The number of urea groups is 1. The SMILES string of the molecule is CC(CNC(=O)Nc1c(Cl)ccc2nsnc12)CC(=O)O. The van der Waals surface area contributed by atoms with Crippen molar-refractivity contribution in [1.82, 2.24) is 14.1 Å². The summed E-state index contributed by atoms with van der Waals surface area (Å²) in [6.07, 6.45) is -0.00732. The minimum absolute atomic E-state index is 0.00732. The van der Waals surface area contributed by atoms with Crippen molar-refractivity contribution < 1.29 is 14.7 Å². The number of benzene rings is 1.